The molecule has 0 saturated heterocycles. The van der Waals surface area contributed by atoms with Crippen LogP contribution in [-0.2, 0) is 11.2 Å². The Balaban J connectivity index is 1.91. The molecular weight excluding hydrogens is 322 g/mol. The highest BCUT2D eigenvalue weighted by Gasteiger charge is 2.16. The smallest absolute Gasteiger partial charge is 0.137 e. The Bertz CT molecular complexity index is 933. The molecule has 26 heavy (non-hydrogen) atoms. The Morgan fingerprint density at radius 2 is 1.92 bits per heavy atom. The second-order valence-corrected chi connectivity index (χ2v) is 6.66. The number of anilines is 1. The van der Waals surface area contributed by atoms with Gasteiger partial charge in [-0.15, -0.1) is 0 Å². The molecule has 0 saturated carbocycles. The third-order valence-electron chi connectivity index (χ3n) is 4.61. The number of fused-ring (bicyclic) bond motifs is 1. The molecule has 2 aliphatic rings. The molecule has 0 aliphatic carbocycles. The van der Waals surface area contributed by atoms with Crippen molar-refractivity contribution in [1.29, 1.82) is 10.5 Å². The fourth-order valence-electron chi connectivity index (χ4n) is 3.55. The molecular formula is C22H21N3O. The van der Waals surface area contributed by atoms with E-state index in [1.807, 2.05) is 31.2 Å². The van der Waals surface area contributed by atoms with Gasteiger partial charge in [-0.2, -0.15) is 10.5 Å². The zero-order valence-electron chi connectivity index (χ0n) is 15.3. The average molecular weight is 343 g/mol. The van der Waals surface area contributed by atoms with Crippen LogP contribution in [0.4, 0.5) is 5.69 Å². The molecule has 0 fully saturated rings. The number of aryl methyl sites for hydroxylation is 2. The monoisotopic (exact) mass is 343 g/mol. The van der Waals surface area contributed by atoms with E-state index in [-0.39, 0.29) is 5.57 Å². The van der Waals surface area contributed by atoms with Crippen LogP contribution < -0.4 is 4.90 Å². The Labute approximate surface area is 154 Å². The van der Waals surface area contributed by atoms with Crippen molar-refractivity contribution < 1.29 is 4.74 Å². The summed E-state index contributed by atoms with van der Waals surface area (Å²) < 4.78 is 5.71. The van der Waals surface area contributed by atoms with Crippen molar-refractivity contribution in [2.24, 2.45) is 0 Å². The molecule has 1 aromatic rings. The summed E-state index contributed by atoms with van der Waals surface area (Å²) >= 11 is 0. The summed E-state index contributed by atoms with van der Waals surface area (Å²) in [6, 6.07) is 8.26. The molecule has 1 aromatic carbocycles. The molecule has 4 heteroatoms. The van der Waals surface area contributed by atoms with Crippen LogP contribution in [-0.4, -0.2) is 13.6 Å². The molecule has 0 aromatic heterocycles. The predicted molar refractivity (Wildman–Crippen MR) is 103 cm³/mol. The van der Waals surface area contributed by atoms with Crippen LogP contribution in [0.1, 0.15) is 30.0 Å². The van der Waals surface area contributed by atoms with Gasteiger partial charge in [0.05, 0.1) is 0 Å². The molecule has 0 amide bonds. The molecule has 0 bridgehead atoms. The summed E-state index contributed by atoms with van der Waals surface area (Å²) in [4.78, 5) is 2.32. The van der Waals surface area contributed by atoms with Gasteiger partial charge >= 0.3 is 0 Å². The zero-order valence-corrected chi connectivity index (χ0v) is 15.3. The standard InChI is InChI=1S/C22H21N3O/c1-15-9-17(11-18-5-4-8-25(3)22(15)18)6-7-21-12-19(10-16(2)26-21)20(13-23)14-24/h6-7,9-12H,4-5,8H2,1-3H3/b7-6+. The van der Waals surface area contributed by atoms with Gasteiger partial charge in [0.2, 0.25) is 0 Å². The first kappa shape index (κ1) is 17.6. The lowest BCUT2D eigenvalue weighted by atomic mass is 9.95. The van der Waals surface area contributed by atoms with Crippen molar-refractivity contribution in [3.8, 4) is 12.1 Å². The summed E-state index contributed by atoms with van der Waals surface area (Å²) in [5.41, 5.74) is 5.80. The minimum absolute atomic E-state index is 0.0891. The van der Waals surface area contributed by atoms with Gasteiger partial charge in [0.25, 0.3) is 0 Å². The van der Waals surface area contributed by atoms with Gasteiger partial charge in [-0.1, -0.05) is 6.08 Å². The number of nitriles is 2. The SMILES string of the molecule is CC1=CC(=C(C#N)C#N)C=C(/C=C/c2cc(C)c3c(c2)CCCN3C)O1. The van der Waals surface area contributed by atoms with Gasteiger partial charge in [0.1, 0.15) is 29.2 Å². The largest absolute Gasteiger partial charge is 0.462 e. The number of allylic oxidation sites excluding steroid dienone is 6. The molecule has 0 N–H and O–H groups in total. The van der Waals surface area contributed by atoms with Crippen LogP contribution >= 0.6 is 0 Å². The van der Waals surface area contributed by atoms with Crippen molar-refractivity contribution >= 4 is 11.8 Å². The van der Waals surface area contributed by atoms with E-state index in [9.17, 15) is 0 Å². The molecule has 0 radical (unpaired) electrons. The van der Waals surface area contributed by atoms with Gasteiger partial charge in [0.15, 0.2) is 0 Å². The molecule has 0 spiro atoms. The number of nitrogens with zero attached hydrogens (tertiary/aromatic N) is 3. The van der Waals surface area contributed by atoms with Crippen LogP contribution in [0.5, 0.6) is 0 Å². The highest BCUT2D eigenvalue weighted by atomic mass is 16.5. The van der Waals surface area contributed by atoms with Crippen molar-refractivity contribution in [2.75, 3.05) is 18.5 Å². The highest BCUT2D eigenvalue weighted by molar-refractivity contribution is 5.67. The Hall–Kier alpha value is -3.24. The molecule has 0 unspecified atom stereocenters. The van der Waals surface area contributed by atoms with E-state index >= 15 is 0 Å². The summed E-state index contributed by atoms with van der Waals surface area (Å²) in [6.45, 7) is 5.06. The number of benzene rings is 1. The van der Waals surface area contributed by atoms with Crippen LogP contribution in [0.15, 0.2) is 53.0 Å². The van der Waals surface area contributed by atoms with E-state index in [1.54, 1.807) is 12.2 Å². The van der Waals surface area contributed by atoms with E-state index < -0.39 is 0 Å². The van der Waals surface area contributed by atoms with Gasteiger partial charge in [0, 0.05) is 24.9 Å². The molecule has 0 atom stereocenters. The van der Waals surface area contributed by atoms with Crippen molar-refractivity contribution in [2.45, 2.75) is 26.7 Å². The van der Waals surface area contributed by atoms with Gasteiger partial charge < -0.3 is 9.64 Å². The maximum atomic E-state index is 9.07. The summed E-state index contributed by atoms with van der Waals surface area (Å²) in [5, 5.41) is 18.1. The lowest BCUT2D eigenvalue weighted by molar-refractivity contribution is 0.318. The van der Waals surface area contributed by atoms with Gasteiger partial charge in [-0.05, 0) is 73.7 Å². The maximum absolute atomic E-state index is 9.07. The number of hydrogen-bond acceptors (Lipinski definition) is 4. The minimum Gasteiger partial charge on any atom is -0.462 e. The first-order valence-corrected chi connectivity index (χ1v) is 8.67. The lowest BCUT2D eigenvalue weighted by Crippen LogP contribution is -2.25. The molecule has 2 heterocycles. The molecule has 130 valence electrons. The quantitative estimate of drug-likeness (QED) is 0.739. The topological polar surface area (TPSA) is 60.0 Å². The van der Waals surface area contributed by atoms with E-state index in [4.69, 9.17) is 15.3 Å². The number of ether oxygens (including phenoxy) is 1. The predicted octanol–water partition coefficient (Wildman–Crippen LogP) is 4.55. The van der Waals surface area contributed by atoms with Crippen LogP contribution in [0.25, 0.3) is 6.08 Å². The zero-order chi connectivity index (χ0) is 18.7. The second kappa shape index (κ2) is 7.33. The lowest BCUT2D eigenvalue weighted by Gasteiger charge is -2.29. The van der Waals surface area contributed by atoms with Gasteiger partial charge in [-0.25, -0.2) is 0 Å². The fourth-order valence-corrected chi connectivity index (χ4v) is 3.55. The van der Waals surface area contributed by atoms with Crippen LogP contribution in [0.3, 0.4) is 0 Å². The first-order chi connectivity index (χ1) is 12.5. The maximum Gasteiger partial charge on any atom is 0.137 e. The number of hydrogen-bond donors (Lipinski definition) is 0. The van der Waals surface area contributed by atoms with Crippen LogP contribution in [0.2, 0.25) is 0 Å². The third-order valence-corrected chi connectivity index (χ3v) is 4.61. The summed E-state index contributed by atoms with van der Waals surface area (Å²) in [7, 11) is 2.14. The van der Waals surface area contributed by atoms with Crippen LogP contribution in [0, 0.1) is 29.6 Å². The van der Waals surface area contributed by atoms with E-state index in [0.29, 0.717) is 17.1 Å². The second-order valence-electron chi connectivity index (χ2n) is 6.66. The normalized spacial score (nSPS) is 16.2. The average Bonchev–Trinajstić information content (AvgIpc) is 2.60. The van der Waals surface area contributed by atoms with E-state index in [1.165, 1.54) is 23.2 Å². The number of rotatable bonds is 2. The molecule has 2 aliphatic heterocycles. The van der Waals surface area contributed by atoms with E-state index in [2.05, 4.69) is 31.0 Å². The van der Waals surface area contributed by atoms with Crippen molar-refractivity contribution in [3.05, 3.63) is 69.7 Å². The Kier molecular flexibility index (Phi) is 4.96. The molecule has 4 nitrogen and oxygen atoms in total. The summed E-state index contributed by atoms with van der Waals surface area (Å²) in [6.07, 6.45) is 9.61. The first-order valence-electron chi connectivity index (χ1n) is 8.67. The highest BCUT2D eigenvalue weighted by Crippen LogP contribution is 2.31. The third kappa shape index (κ3) is 3.55. The van der Waals surface area contributed by atoms with Crippen molar-refractivity contribution in [1.82, 2.24) is 0 Å². The van der Waals surface area contributed by atoms with E-state index in [0.717, 1.165) is 18.5 Å². The van der Waals surface area contributed by atoms with Gasteiger partial charge in [-0.3, -0.25) is 0 Å². The fraction of sp³-hybridized carbons (Fsp3) is 0.273. The molecule has 3 rings (SSSR count). The Morgan fingerprint density at radius 1 is 1.15 bits per heavy atom. The summed E-state index contributed by atoms with van der Waals surface area (Å²) in [5.74, 6) is 1.28. The Morgan fingerprint density at radius 3 is 2.65 bits per heavy atom. The minimum atomic E-state index is 0.0891. The van der Waals surface area contributed by atoms with Crippen molar-refractivity contribution in [3.63, 3.8) is 0 Å².